The minimum absolute atomic E-state index is 0. The van der Waals surface area contributed by atoms with Crippen LogP contribution in [0.25, 0.3) is 0 Å². The van der Waals surface area contributed by atoms with Crippen LogP contribution in [-0.2, 0) is 4.79 Å². The fourth-order valence-corrected chi connectivity index (χ4v) is 6.46. The summed E-state index contributed by atoms with van der Waals surface area (Å²) in [6.07, 6.45) is 10.2. The molecule has 1 N–H and O–H groups in total. The third kappa shape index (κ3) is 6.51. The van der Waals surface area contributed by atoms with Crippen molar-refractivity contribution < 1.29 is 19.1 Å². The monoisotopic (exact) mass is 516 g/mol. The molecule has 1 aromatic heterocycles. The molecule has 36 heavy (non-hydrogen) atoms. The highest BCUT2D eigenvalue weighted by Crippen LogP contribution is 2.42. The number of aryl methyl sites for hydroxylation is 3. The van der Waals surface area contributed by atoms with E-state index in [4.69, 9.17) is 4.42 Å². The Hall–Kier alpha value is -2.31. The van der Waals surface area contributed by atoms with Crippen molar-refractivity contribution in [1.82, 2.24) is 4.90 Å². The number of carboxylic acid groups (broad SMARTS) is 1. The van der Waals surface area contributed by atoms with Crippen LogP contribution in [0.2, 0.25) is 0 Å². The SMILES string of the molecule is Cc1cc(C)c(N(C(=O)c2ccco2)C2CCN(CCC3(CC(=O)O)CCCCC3)CC2)c(C)c1.Cl. The standard InChI is InChI=1S/C29H40N2O4.ClH/c1-21-18-22(2)27(23(3)19-21)31(28(34)25-8-7-17-35-25)24-9-14-30(15-10-24)16-13-29(20-26(32)33)11-5-4-6-12-29;/h7-8,17-19,24H,4-6,9-16,20H2,1-3H3,(H,32,33);1H. The van der Waals surface area contributed by atoms with E-state index in [-0.39, 0.29) is 29.8 Å². The molecule has 1 aromatic carbocycles. The number of hydrogen-bond acceptors (Lipinski definition) is 4. The van der Waals surface area contributed by atoms with Crippen molar-refractivity contribution in [3.8, 4) is 0 Å². The molecule has 0 spiro atoms. The largest absolute Gasteiger partial charge is 0.481 e. The number of anilines is 1. The predicted octanol–water partition coefficient (Wildman–Crippen LogP) is 6.55. The molecule has 0 bridgehead atoms. The van der Waals surface area contributed by atoms with E-state index in [2.05, 4.69) is 37.8 Å². The molecule has 4 rings (SSSR count). The number of furan rings is 1. The topological polar surface area (TPSA) is 74.0 Å². The maximum atomic E-state index is 13.6. The van der Waals surface area contributed by atoms with Crippen LogP contribution < -0.4 is 4.90 Å². The second kappa shape index (κ2) is 12.3. The smallest absolute Gasteiger partial charge is 0.303 e. The van der Waals surface area contributed by atoms with Crippen LogP contribution in [0, 0.1) is 26.2 Å². The maximum absolute atomic E-state index is 13.6. The third-order valence-corrected chi connectivity index (χ3v) is 8.15. The average Bonchev–Trinajstić information content (AvgIpc) is 3.35. The van der Waals surface area contributed by atoms with Crippen molar-refractivity contribution >= 4 is 30.0 Å². The Labute approximate surface area is 221 Å². The van der Waals surface area contributed by atoms with Crippen molar-refractivity contribution in [3.05, 3.63) is 53.0 Å². The van der Waals surface area contributed by atoms with Crippen molar-refractivity contribution in [2.45, 2.75) is 84.6 Å². The summed E-state index contributed by atoms with van der Waals surface area (Å²) in [5.41, 5.74) is 4.37. The van der Waals surface area contributed by atoms with E-state index in [9.17, 15) is 14.7 Å². The number of benzene rings is 1. The van der Waals surface area contributed by atoms with Gasteiger partial charge in [0.1, 0.15) is 0 Å². The van der Waals surface area contributed by atoms with Gasteiger partial charge in [0.05, 0.1) is 18.4 Å². The summed E-state index contributed by atoms with van der Waals surface area (Å²) in [7, 11) is 0. The third-order valence-electron chi connectivity index (χ3n) is 8.15. The van der Waals surface area contributed by atoms with Crippen molar-refractivity contribution in [1.29, 1.82) is 0 Å². The quantitative estimate of drug-likeness (QED) is 0.430. The summed E-state index contributed by atoms with van der Waals surface area (Å²) < 4.78 is 5.51. The van der Waals surface area contributed by atoms with E-state index in [1.165, 1.54) is 12.0 Å². The number of piperidine rings is 1. The number of halogens is 1. The van der Waals surface area contributed by atoms with E-state index >= 15 is 0 Å². The minimum atomic E-state index is -0.665. The van der Waals surface area contributed by atoms with Gasteiger partial charge in [0, 0.05) is 19.1 Å². The summed E-state index contributed by atoms with van der Waals surface area (Å²) in [5.74, 6) is -0.368. The van der Waals surface area contributed by atoms with Crippen LogP contribution in [0.4, 0.5) is 5.69 Å². The zero-order valence-electron chi connectivity index (χ0n) is 21.9. The Morgan fingerprint density at radius 3 is 2.28 bits per heavy atom. The lowest BCUT2D eigenvalue weighted by Crippen LogP contribution is -2.48. The molecule has 1 aliphatic carbocycles. The summed E-state index contributed by atoms with van der Waals surface area (Å²) in [6, 6.07) is 7.90. The molecular weight excluding hydrogens is 476 g/mol. The molecule has 7 heteroatoms. The Morgan fingerprint density at radius 1 is 1.08 bits per heavy atom. The molecule has 0 radical (unpaired) electrons. The molecule has 0 unspecified atom stereocenters. The first-order valence-electron chi connectivity index (χ1n) is 13.2. The highest BCUT2D eigenvalue weighted by atomic mass is 35.5. The number of hydrogen-bond donors (Lipinski definition) is 1. The Kier molecular flexibility index (Phi) is 9.65. The first-order chi connectivity index (χ1) is 16.8. The highest BCUT2D eigenvalue weighted by molar-refractivity contribution is 6.05. The molecule has 2 aliphatic rings. The van der Waals surface area contributed by atoms with Gasteiger partial charge in [-0.05, 0) is 88.1 Å². The molecular formula is C29H41ClN2O4. The lowest BCUT2D eigenvalue weighted by Gasteiger charge is -2.41. The van der Waals surface area contributed by atoms with E-state index in [1.54, 1.807) is 18.4 Å². The number of amides is 1. The zero-order chi connectivity index (χ0) is 25.0. The number of likely N-dealkylation sites (tertiary alicyclic amines) is 1. The van der Waals surface area contributed by atoms with Gasteiger partial charge in [0.2, 0.25) is 0 Å². The zero-order valence-corrected chi connectivity index (χ0v) is 22.7. The second-order valence-electron chi connectivity index (χ2n) is 10.9. The molecule has 0 atom stereocenters. The molecule has 1 saturated heterocycles. The molecule has 6 nitrogen and oxygen atoms in total. The van der Waals surface area contributed by atoms with Gasteiger partial charge in [-0.2, -0.15) is 0 Å². The van der Waals surface area contributed by atoms with E-state index < -0.39 is 5.97 Å². The van der Waals surface area contributed by atoms with Crippen LogP contribution in [-0.4, -0.2) is 47.6 Å². The number of aliphatic carboxylic acids is 1. The van der Waals surface area contributed by atoms with Gasteiger partial charge in [-0.1, -0.05) is 37.0 Å². The van der Waals surface area contributed by atoms with Gasteiger partial charge < -0.3 is 19.3 Å². The fourth-order valence-electron chi connectivity index (χ4n) is 6.46. The Balaban J connectivity index is 0.00000361. The van der Waals surface area contributed by atoms with Crippen molar-refractivity contribution in [2.75, 3.05) is 24.5 Å². The van der Waals surface area contributed by atoms with E-state index in [0.717, 1.165) is 81.4 Å². The fraction of sp³-hybridized carbons (Fsp3) is 0.586. The summed E-state index contributed by atoms with van der Waals surface area (Å²) in [4.78, 5) is 29.6. The van der Waals surface area contributed by atoms with Gasteiger partial charge in [-0.25, -0.2) is 0 Å². The lowest BCUT2D eigenvalue weighted by molar-refractivity contribution is -0.140. The minimum Gasteiger partial charge on any atom is -0.481 e. The summed E-state index contributed by atoms with van der Waals surface area (Å²) >= 11 is 0. The van der Waals surface area contributed by atoms with Gasteiger partial charge in [0.25, 0.3) is 5.91 Å². The van der Waals surface area contributed by atoms with Crippen LogP contribution >= 0.6 is 12.4 Å². The first-order valence-corrected chi connectivity index (χ1v) is 13.2. The molecule has 2 aromatic rings. The molecule has 1 saturated carbocycles. The number of nitrogens with zero attached hydrogens (tertiary/aromatic N) is 2. The number of rotatable bonds is 8. The van der Waals surface area contributed by atoms with Gasteiger partial charge in [0.15, 0.2) is 5.76 Å². The predicted molar refractivity (Wildman–Crippen MR) is 145 cm³/mol. The van der Waals surface area contributed by atoms with Crippen LogP contribution in [0.1, 0.15) is 85.0 Å². The first kappa shape index (κ1) is 28.3. The summed E-state index contributed by atoms with van der Waals surface area (Å²) in [5, 5.41) is 9.51. The Bertz CT molecular complexity index is 999. The number of carboxylic acids is 1. The highest BCUT2D eigenvalue weighted by Gasteiger charge is 2.36. The Morgan fingerprint density at radius 2 is 1.72 bits per heavy atom. The molecule has 2 fully saturated rings. The molecule has 1 amide bonds. The van der Waals surface area contributed by atoms with E-state index in [0.29, 0.717) is 12.2 Å². The molecule has 1 aliphatic heterocycles. The van der Waals surface area contributed by atoms with Gasteiger partial charge >= 0.3 is 5.97 Å². The lowest BCUT2D eigenvalue weighted by atomic mass is 9.69. The molecule has 198 valence electrons. The van der Waals surface area contributed by atoms with Crippen LogP contribution in [0.3, 0.4) is 0 Å². The maximum Gasteiger partial charge on any atom is 0.303 e. The van der Waals surface area contributed by atoms with E-state index in [1.807, 2.05) is 4.90 Å². The normalized spacial score (nSPS) is 18.4. The summed E-state index contributed by atoms with van der Waals surface area (Å²) in [6.45, 7) is 9.02. The number of carbonyl (C=O) groups is 2. The van der Waals surface area contributed by atoms with Crippen LogP contribution in [0.15, 0.2) is 34.9 Å². The average molecular weight is 517 g/mol. The van der Waals surface area contributed by atoms with Gasteiger partial charge in [-0.3, -0.25) is 9.59 Å². The van der Waals surface area contributed by atoms with Crippen molar-refractivity contribution in [3.63, 3.8) is 0 Å². The van der Waals surface area contributed by atoms with Crippen molar-refractivity contribution in [2.24, 2.45) is 5.41 Å². The van der Waals surface area contributed by atoms with Gasteiger partial charge in [-0.15, -0.1) is 12.4 Å². The molecule has 2 heterocycles. The van der Waals surface area contributed by atoms with Crippen LogP contribution in [0.5, 0.6) is 0 Å². The number of carbonyl (C=O) groups excluding carboxylic acids is 1. The second-order valence-corrected chi connectivity index (χ2v) is 10.9.